The van der Waals surface area contributed by atoms with E-state index in [1.807, 2.05) is 0 Å². The van der Waals surface area contributed by atoms with Crippen LogP contribution in [0.5, 0.6) is 0 Å². The fourth-order valence-electron chi connectivity index (χ4n) is 4.40. The summed E-state index contributed by atoms with van der Waals surface area (Å²) in [4.78, 5) is 5.37. The summed E-state index contributed by atoms with van der Waals surface area (Å²) < 4.78 is 0. The molecule has 0 N–H and O–H groups in total. The molecule has 1 fully saturated rings. The van der Waals surface area contributed by atoms with Gasteiger partial charge in [-0.05, 0) is 51.4 Å². The van der Waals surface area contributed by atoms with Crippen LogP contribution in [-0.4, -0.2) is 40.6 Å². The average molecular weight is 297 g/mol. The van der Waals surface area contributed by atoms with Gasteiger partial charge in [0.2, 0.25) is 0 Å². The molecule has 1 saturated heterocycles. The Morgan fingerprint density at radius 1 is 0.571 bits per heavy atom. The highest BCUT2D eigenvalue weighted by molar-refractivity contribution is 4.94. The zero-order chi connectivity index (χ0) is 16.7. The normalized spacial score (nSPS) is 20.3. The van der Waals surface area contributed by atoms with Gasteiger partial charge in [-0.25, -0.2) is 0 Å². The average Bonchev–Trinajstić information content (AvgIpc) is 2.57. The van der Waals surface area contributed by atoms with E-state index in [1.54, 1.807) is 0 Å². The zero-order valence-electron chi connectivity index (χ0n) is 16.4. The van der Waals surface area contributed by atoms with Gasteiger partial charge in [0.15, 0.2) is 0 Å². The zero-order valence-corrected chi connectivity index (χ0v) is 16.4. The summed E-state index contributed by atoms with van der Waals surface area (Å²) in [5.41, 5.74) is 1.34. The smallest absolute Gasteiger partial charge is 0.0517 e. The maximum Gasteiger partial charge on any atom is 0.0517 e. The molecule has 0 bridgehead atoms. The molecule has 0 amide bonds. The molecule has 21 heavy (non-hydrogen) atoms. The first-order valence-electron chi connectivity index (χ1n) is 8.63. The van der Waals surface area contributed by atoms with Gasteiger partial charge in [0, 0.05) is 24.2 Å². The lowest BCUT2D eigenvalue weighted by Crippen LogP contribution is -2.49. The van der Waals surface area contributed by atoms with Crippen molar-refractivity contribution in [2.24, 2.45) is 10.8 Å². The summed E-state index contributed by atoms with van der Waals surface area (Å²) in [5.74, 6) is 0. The van der Waals surface area contributed by atoms with Crippen molar-refractivity contribution >= 4 is 0 Å². The highest BCUT2D eigenvalue weighted by Crippen LogP contribution is 2.36. The second-order valence-electron chi connectivity index (χ2n) is 10.8. The van der Waals surface area contributed by atoms with E-state index in [4.69, 9.17) is 0 Å². The molecule has 0 saturated carbocycles. The fourth-order valence-corrected chi connectivity index (χ4v) is 4.40. The van der Waals surface area contributed by atoms with Gasteiger partial charge in [-0.2, -0.15) is 0 Å². The van der Waals surface area contributed by atoms with E-state index in [0.717, 1.165) is 6.67 Å². The number of hydrogen-bond acceptors (Lipinski definition) is 2. The van der Waals surface area contributed by atoms with Crippen LogP contribution in [0.25, 0.3) is 0 Å². The van der Waals surface area contributed by atoms with Crippen molar-refractivity contribution in [1.82, 2.24) is 9.80 Å². The van der Waals surface area contributed by atoms with Gasteiger partial charge < -0.3 is 0 Å². The molecule has 0 aliphatic carbocycles. The van der Waals surface area contributed by atoms with Gasteiger partial charge in [-0.3, -0.25) is 9.80 Å². The molecule has 126 valence electrons. The number of nitrogens with zero attached hydrogens (tertiary/aromatic N) is 2. The van der Waals surface area contributed by atoms with Gasteiger partial charge in [0.05, 0.1) is 6.67 Å². The largest absolute Gasteiger partial charge is 0.284 e. The van der Waals surface area contributed by atoms with Crippen LogP contribution in [-0.2, 0) is 0 Å². The molecule has 2 nitrogen and oxygen atoms in total. The Hall–Kier alpha value is -0.0800. The van der Waals surface area contributed by atoms with Crippen molar-refractivity contribution < 1.29 is 0 Å². The first kappa shape index (κ1) is 19.0. The third kappa shape index (κ3) is 5.90. The number of rotatable bonds is 4. The maximum atomic E-state index is 2.68. The van der Waals surface area contributed by atoms with E-state index in [0.29, 0.717) is 10.8 Å². The minimum absolute atomic E-state index is 0.283. The lowest BCUT2D eigenvalue weighted by molar-refractivity contribution is 0.0410. The molecule has 1 rings (SSSR count). The van der Waals surface area contributed by atoms with E-state index in [-0.39, 0.29) is 11.1 Å². The quantitative estimate of drug-likeness (QED) is 0.721. The van der Waals surface area contributed by atoms with Crippen molar-refractivity contribution in [2.45, 2.75) is 93.2 Å². The van der Waals surface area contributed by atoms with E-state index >= 15 is 0 Å². The SMILES string of the molecule is CC(C)(C)CC(C)(C)N1CCN(C(C)(C)CC(C)(C)C)C1. The van der Waals surface area contributed by atoms with Gasteiger partial charge in [0.1, 0.15) is 0 Å². The maximum absolute atomic E-state index is 2.68. The van der Waals surface area contributed by atoms with E-state index in [9.17, 15) is 0 Å². The van der Waals surface area contributed by atoms with E-state index < -0.39 is 0 Å². The van der Waals surface area contributed by atoms with Crippen LogP contribution in [0.4, 0.5) is 0 Å². The molecule has 0 aromatic carbocycles. The molecule has 0 atom stereocenters. The Labute approximate surface area is 134 Å². The van der Waals surface area contributed by atoms with Gasteiger partial charge in [-0.15, -0.1) is 0 Å². The van der Waals surface area contributed by atoms with E-state index in [1.165, 1.54) is 25.9 Å². The standard InChI is InChI=1S/C19H40N2/c1-16(2,3)13-18(7,8)20-11-12-21(15-20)19(9,10)14-17(4,5)6/h11-15H2,1-10H3. The Morgan fingerprint density at radius 2 is 0.857 bits per heavy atom. The number of hydrogen-bond donors (Lipinski definition) is 0. The fraction of sp³-hybridized carbons (Fsp3) is 1.00. The molecule has 1 aliphatic rings. The minimum atomic E-state index is 0.283. The first-order chi connectivity index (χ1) is 9.12. The van der Waals surface area contributed by atoms with Crippen molar-refractivity contribution in [2.75, 3.05) is 19.8 Å². The predicted molar refractivity (Wildman–Crippen MR) is 94.6 cm³/mol. The summed E-state index contributed by atoms with van der Waals surface area (Å²) in [6, 6.07) is 0. The monoisotopic (exact) mass is 296 g/mol. The third-order valence-electron chi connectivity index (χ3n) is 4.62. The molecule has 1 aliphatic heterocycles. The molecular formula is C19H40N2. The van der Waals surface area contributed by atoms with Crippen LogP contribution in [0.15, 0.2) is 0 Å². The van der Waals surface area contributed by atoms with Crippen LogP contribution in [0.1, 0.15) is 82.1 Å². The summed E-state index contributed by atoms with van der Waals surface area (Å²) in [7, 11) is 0. The second kappa shape index (κ2) is 5.85. The lowest BCUT2D eigenvalue weighted by Gasteiger charge is -2.43. The lowest BCUT2D eigenvalue weighted by atomic mass is 9.80. The van der Waals surface area contributed by atoms with Crippen molar-refractivity contribution in [3.63, 3.8) is 0 Å². The summed E-state index contributed by atoms with van der Waals surface area (Å²) in [5, 5.41) is 0. The van der Waals surface area contributed by atoms with Gasteiger partial charge in [-0.1, -0.05) is 41.5 Å². The molecule has 0 aromatic rings. The highest BCUT2D eigenvalue weighted by Gasteiger charge is 2.40. The van der Waals surface area contributed by atoms with Crippen LogP contribution in [0.2, 0.25) is 0 Å². The minimum Gasteiger partial charge on any atom is -0.284 e. The second-order valence-corrected chi connectivity index (χ2v) is 10.8. The molecule has 0 aromatic heterocycles. The topological polar surface area (TPSA) is 6.48 Å². The summed E-state index contributed by atoms with van der Waals surface area (Å²) in [6.07, 6.45) is 2.49. The van der Waals surface area contributed by atoms with Crippen LogP contribution in [0, 0.1) is 10.8 Å². The summed E-state index contributed by atoms with van der Waals surface area (Å²) >= 11 is 0. The molecule has 1 heterocycles. The third-order valence-corrected chi connectivity index (χ3v) is 4.62. The first-order valence-corrected chi connectivity index (χ1v) is 8.63. The molecule has 0 radical (unpaired) electrons. The van der Waals surface area contributed by atoms with Gasteiger partial charge >= 0.3 is 0 Å². The van der Waals surface area contributed by atoms with Crippen molar-refractivity contribution in [3.05, 3.63) is 0 Å². The molecule has 2 heteroatoms. The molecular weight excluding hydrogens is 256 g/mol. The van der Waals surface area contributed by atoms with Crippen LogP contribution < -0.4 is 0 Å². The van der Waals surface area contributed by atoms with Gasteiger partial charge in [0.25, 0.3) is 0 Å². The Kier molecular flexibility index (Phi) is 5.28. The van der Waals surface area contributed by atoms with E-state index in [2.05, 4.69) is 79.0 Å². The predicted octanol–water partition coefficient (Wildman–Crippen LogP) is 4.99. The Morgan fingerprint density at radius 3 is 1.10 bits per heavy atom. The summed E-state index contributed by atoms with van der Waals surface area (Å²) in [6.45, 7) is 27.3. The van der Waals surface area contributed by atoms with Crippen LogP contribution >= 0.6 is 0 Å². The van der Waals surface area contributed by atoms with Crippen LogP contribution in [0.3, 0.4) is 0 Å². The Bertz CT molecular complexity index is 308. The molecule has 0 unspecified atom stereocenters. The highest BCUT2D eigenvalue weighted by atomic mass is 15.4. The van der Waals surface area contributed by atoms with Crippen molar-refractivity contribution in [3.8, 4) is 0 Å². The molecule has 0 spiro atoms. The Balaban J connectivity index is 2.71. The van der Waals surface area contributed by atoms with Crippen molar-refractivity contribution in [1.29, 1.82) is 0 Å².